The Hall–Kier alpha value is -1.67. The highest BCUT2D eigenvalue weighted by atomic mass is 32.1. The summed E-state index contributed by atoms with van der Waals surface area (Å²) in [5, 5.41) is 3.01. The Bertz CT molecular complexity index is 586. The van der Waals surface area contributed by atoms with Crippen LogP contribution >= 0.6 is 11.5 Å². The Morgan fingerprint density at radius 3 is 2.57 bits per heavy atom. The molecule has 0 saturated heterocycles. The molecule has 0 saturated carbocycles. The van der Waals surface area contributed by atoms with E-state index in [1.807, 2.05) is 31.2 Å². The van der Waals surface area contributed by atoms with E-state index in [1.54, 1.807) is 0 Å². The van der Waals surface area contributed by atoms with Crippen molar-refractivity contribution < 1.29 is 17.9 Å². The van der Waals surface area contributed by atoms with Crippen LogP contribution in [0.5, 0.6) is 0 Å². The molecule has 2 rings (SSSR count). The van der Waals surface area contributed by atoms with Crippen molar-refractivity contribution in [2.45, 2.75) is 26.3 Å². The maximum atomic E-state index is 12.4. The third-order valence-corrected chi connectivity index (χ3v) is 3.36. The summed E-state index contributed by atoms with van der Waals surface area (Å²) in [6, 6.07) is 7.58. The number of aromatic nitrogens is 2. The van der Waals surface area contributed by atoms with Gasteiger partial charge in [-0.05, 0) is 18.1 Å². The molecule has 1 N–H and O–H groups in total. The monoisotopic (exact) mass is 317 g/mol. The van der Waals surface area contributed by atoms with E-state index >= 15 is 0 Å². The second-order valence-electron chi connectivity index (χ2n) is 4.18. The minimum Gasteiger partial charge on any atom is -0.377 e. The van der Waals surface area contributed by atoms with Gasteiger partial charge in [0.2, 0.25) is 11.0 Å². The number of hydrogen-bond donors (Lipinski definition) is 1. The minimum absolute atomic E-state index is 0.147. The first kappa shape index (κ1) is 15.7. The van der Waals surface area contributed by atoms with Crippen LogP contribution in [0.15, 0.2) is 24.3 Å². The van der Waals surface area contributed by atoms with Gasteiger partial charge >= 0.3 is 6.18 Å². The molecular weight excluding hydrogens is 303 g/mol. The van der Waals surface area contributed by atoms with Gasteiger partial charge in [0, 0.05) is 24.7 Å². The molecule has 0 fully saturated rings. The maximum Gasteiger partial charge on any atom is 0.452 e. The first-order chi connectivity index (χ1) is 10.0. The van der Waals surface area contributed by atoms with Crippen molar-refractivity contribution in [3.63, 3.8) is 0 Å². The second kappa shape index (κ2) is 6.86. The number of anilines is 1. The first-order valence-corrected chi connectivity index (χ1v) is 7.07. The summed E-state index contributed by atoms with van der Waals surface area (Å²) in [5.41, 5.74) is 1.95. The van der Waals surface area contributed by atoms with Crippen molar-refractivity contribution in [3.8, 4) is 0 Å². The molecule has 0 atom stereocenters. The molecule has 4 nitrogen and oxygen atoms in total. The van der Waals surface area contributed by atoms with E-state index < -0.39 is 12.0 Å². The zero-order chi connectivity index (χ0) is 15.3. The second-order valence-corrected chi connectivity index (χ2v) is 4.93. The Balaban J connectivity index is 2.01. The van der Waals surface area contributed by atoms with Crippen molar-refractivity contribution in [2.24, 2.45) is 0 Å². The smallest absolute Gasteiger partial charge is 0.377 e. The lowest BCUT2D eigenvalue weighted by Gasteiger charge is -2.09. The van der Waals surface area contributed by atoms with E-state index in [-0.39, 0.29) is 5.13 Å². The molecule has 2 aromatic rings. The van der Waals surface area contributed by atoms with Gasteiger partial charge in [0.15, 0.2) is 0 Å². The predicted octanol–water partition coefficient (Wildman–Crippen LogP) is 3.71. The molecule has 0 aliphatic heterocycles. The van der Waals surface area contributed by atoms with Crippen LogP contribution in [0, 0.1) is 0 Å². The molecule has 1 heterocycles. The summed E-state index contributed by atoms with van der Waals surface area (Å²) in [6.07, 6.45) is -4.51. The van der Waals surface area contributed by atoms with Crippen LogP contribution in [0.1, 0.15) is 23.9 Å². The molecule has 0 unspecified atom stereocenters. The molecular formula is C13H14F3N3OS. The number of rotatable bonds is 6. The molecule has 114 valence electrons. The Morgan fingerprint density at radius 1 is 1.24 bits per heavy atom. The van der Waals surface area contributed by atoms with E-state index in [0.29, 0.717) is 31.3 Å². The zero-order valence-corrected chi connectivity index (χ0v) is 12.1. The van der Waals surface area contributed by atoms with E-state index in [1.165, 1.54) is 0 Å². The Morgan fingerprint density at radius 2 is 1.95 bits per heavy atom. The van der Waals surface area contributed by atoms with Crippen LogP contribution in [0.25, 0.3) is 0 Å². The number of nitrogens with zero attached hydrogens (tertiary/aromatic N) is 2. The SMILES string of the molecule is CCOCc1ccccc1CNc1nc(C(F)(F)F)ns1. The summed E-state index contributed by atoms with van der Waals surface area (Å²) in [4.78, 5) is 3.43. The molecule has 1 aromatic carbocycles. The zero-order valence-electron chi connectivity index (χ0n) is 11.3. The molecule has 1 aromatic heterocycles. The van der Waals surface area contributed by atoms with Crippen molar-refractivity contribution in [1.82, 2.24) is 9.36 Å². The molecule has 21 heavy (non-hydrogen) atoms. The van der Waals surface area contributed by atoms with Crippen LogP contribution in [0.3, 0.4) is 0 Å². The van der Waals surface area contributed by atoms with Crippen LogP contribution in [-0.2, 0) is 24.1 Å². The third kappa shape index (κ3) is 4.40. The molecule has 0 aliphatic rings. The standard InChI is InChI=1S/C13H14F3N3OS/c1-2-20-8-10-6-4-3-5-9(10)7-17-12-18-11(19-21-12)13(14,15)16/h3-6H,2,7-8H2,1H3,(H,17,18,19). The van der Waals surface area contributed by atoms with Crippen LogP contribution in [0.4, 0.5) is 18.3 Å². The summed E-state index contributed by atoms with van der Waals surface area (Å²) in [7, 11) is 0. The van der Waals surface area contributed by atoms with E-state index in [0.717, 1.165) is 11.1 Å². The highest BCUT2D eigenvalue weighted by Gasteiger charge is 2.36. The number of nitrogens with one attached hydrogen (secondary N) is 1. The maximum absolute atomic E-state index is 12.4. The molecule has 0 radical (unpaired) electrons. The third-order valence-electron chi connectivity index (χ3n) is 2.69. The highest BCUT2D eigenvalue weighted by Crippen LogP contribution is 2.29. The average Bonchev–Trinajstić information content (AvgIpc) is 2.92. The van der Waals surface area contributed by atoms with Gasteiger partial charge in [-0.3, -0.25) is 0 Å². The van der Waals surface area contributed by atoms with E-state index in [9.17, 15) is 13.2 Å². The van der Waals surface area contributed by atoms with Gasteiger partial charge in [-0.15, -0.1) is 0 Å². The van der Waals surface area contributed by atoms with Gasteiger partial charge in [0.25, 0.3) is 0 Å². The number of benzene rings is 1. The van der Waals surface area contributed by atoms with E-state index in [2.05, 4.69) is 14.7 Å². The normalized spacial score (nSPS) is 11.6. The quantitative estimate of drug-likeness (QED) is 0.882. The molecule has 0 aliphatic carbocycles. The number of halogens is 3. The fourth-order valence-corrected chi connectivity index (χ4v) is 2.25. The Labute approximate surface area is 124 Å². The van der Waals surface area contributed by atoms with Crippen molar-refractivity contribution in [1.29, 1.82) is 0 Å². The number of alkyl halides is 3. The summed E-state index contributed by atoms with van der Waals surface area (Å²) >= 11 is 0.696. The topological polar surface area (TPSA) is 47.0 Å². The van der Waals surface area contributed by atoms with Crippen molar-refractivity contribution >= 4 is 16.7 Å². The van der Waals surface area contributed by atoms with Gasteiger partial charge in [-0.2, -0.15) is 22.5 Å². The van der Waals surface area contributed by atoms with Crippen LogP contribution in [0.2, 0.25) is 0 Å². The fourth-order valence-electron chi connectivity index (χ4n) is 1.66. The van der Waals surface area contributed by atoms with Crippen molar-refractivity contribution in [2.75, 3.05) is 11.9 Å². The lowest BCUT2D eigenvalue weighted by molar-refractivity contribution is -0.144. The van der Waals surface area contributed by atoms with Crippen LogP contribution < -0.4 is 5.32 Å². The van der Waals surface area contributed by atoms with Gasteiger partial charge in [-0.25, -0.2) is 0 Å². The van der Waals surface area contributed by atoms with Crippen LogP contribution in [-0.4, -0.2) is 16.0 Å². The average molecular weight is 317 g/mol. The number of ether oxygens (including phenoxy) is 1. The Kier molecular flexibility index (Phi) is 5.13. The van der Waals surface area contributed by atoms with Gasteiger partial charge in [-0.1, -0.05) is 24.3 Å². The van der Waals surface area contributed by atoms with E-state index in [4.69, 9.17) is 4.74 Å². The van der Waals surface area contributed by atoms with Crippen molar-refractivity contribution in [3.05, 3.63) is 41.2 Å². The van der Waals surface area contributed by atoms with Gasteiger partial charge in [0.1, 0.15) is 0 Å². The molecule has 0 spiro atoms. The fraction of sp³-hybridized carbons (Fsp3) is 0.385. The van der Waals surface area contributed by atoms with Gasteiger partial charge in [0.05, 0.1) is 6.61 Å². The summed E-state index contributed by atoms with van der Waals surface area (Å²) in [6.45, 7) is 3.35. The largest absolute Gasteiger partial charge is 0.452 e. The lowest BCUT2D eigenvalue weighted by atomic mass is 10.1. The molecule has 0 amide bonds. The predicted molar refractivity (Wildman–Crippen MR) is 74.0 cm³/mol. The highest BCUT2D eigenvalue weighted by molar-refractivity contribution is 7.09. The number of hydrogen-bond acceptors (Lipinski definition) is 5. The lowest BCUT2D eigenvalue weighted by Crippen LogP contribution is -2.08. The van der Waals surface area contributed by atoms with Gasteiger partial charge < -0.3 is 10.1 Å². The minimum atomic E-state index is -4.51. The summed E-state index contributed by atoms with van der Waals surface area (Å²) in [5.74, 6) is -1.11. The molecule has 8 heteroatoms. The summed E-state index contributed by atoms with van der Waals surface area (Å²) < 4.78 is 45.9. The molecule has 0 bridgehead atoms. The first-order valence-electron chi connectivity index (χ1n) is 6.30.